The van der Waals surface area contributed by atoms with Gasteiger partial charge in [0.25, 0.3) is 0 Å². The molecule has 1 aromatic carbocycles. The smallest absolute Gasteiger partial charge is 0.207 e. The van der Waals surface area contributed by atoms with E-state index in [9.17, 15) is 8.42 Å². The summed E-state index contributed by atoms with van der Waals surface area (Å²) in [5.74, 6) is 0. The van der Waals surface area contributed by atoms with Crippen LogP contribution in [0.4, 0.5) is 0 Å². The first kappa shape index (κ1) is 8.72. The Bertz CT molecular complexity index is 396. The highest BCUT2D eigenvalue weighted by Gasteiger charge is 2.46. The third-order valence-corrected chi connectivity index (χ3v) is 4.07. The molecular weight excluding hydrogens is 188 g/mol. The van der Waals surface area contributed by atoms with Crippen molar-refractivity contribution in [2.45, 2.75) is 23.4 Å². The van der Waals surface area contributed by atoms with Crippen LogP contribution in [-0.4, -0.2) is 20.0 Å². The predicted molar refractivity (Wildman–Crippen MR) is 48.0 cm³/mol. The van der Waals surface area contributed by atoms with Gasteiger partial charge in [0.15, 0.2) is 5.44 Å². The Hall–Kier alpha value is -0.870. The van der Waals surface area contributed by atoms with Crippen LogP contribution in [0.2, 0.25) is 0 Å². The highest BCUT2D eigenvalue weighted by atomic mass is 32.2. The average Bonchev–Trinajstić information content (AvgIpc) is 2.85. The average molecular weight is 198 g/mol. The van der Waals surface area contributed by atoms with Crippen LogP contribution in [0.25, 0.3) is 0 Å². The zero-order chi connectivity index (χ0) is 9.47. The maximum atomic E-state index is 11.7. The van der Waals surface area contributed by atoms with Crippen LogP contribution in [0.15, 0.2) is 35.2 Å². The Morgan fingerprint density at radius 3 is 2.23 bits per heavy atom. The van der Waals surface area contributed by atoms with Gasteiger partial charge in [-0.1, -0.05) is 18.2 Å². The molecule has 1 aromatic rings. The third kappa shape index (κ3) is 1.47. The lowest BCUT2D eigenvalue weighted by atomic mass is 10.4. The van der Waals surface area contributed by atoms with Gasteiger partial charge in [-0.15, -0.1) is 0 Å². The molecule has 0 amide bonds. The normalized spacial score (nSPS) is 27.2. The lowest BCUT2D eigenvalue weighted by molar-refractivity contribution is 0.405. The summed E-state index contributed by atoms with van der Waals surface area (Å²) in [5.41, 5.74) is -0.630. The minimum atomic E-state index is -3.24. The molecule has 1 aliphatic rings. The van der Waals surface area contributed by atoms with Crippen LogP contribution in [0.1, 0.15) is 6.92 Å². The fourth-order valence-electron chi connectivity index (χ4n) is 1.24. The molecule has 0 aliphatic carbocycles. The SMILES string of the molecule is C[C@@H]1O[C@H]1S(=O)(=O)c1ccccc1. The van der Waals surface area contributed by atoms with Crippen LogP contribution < -0.4 is 0 Å². The van der Waals surface area contributed by atoms with E-state index in [1.165, 1.54) is 0 Å². The largest absolute Gasteiger partial charge is 0.352 e. The van der Waals surface area contributed by atoms with Gasteiger partial charge in [0, 0.05) is 0 Å². The summed E-state index contributed by atoms with van der Waals surface area (Å²) in [6.07, 6.45) is -0.162. The minimum Gasteiger partial charge on any atom is -0.352 e. The van der Waals surface area contributed by atoms with E-state index in [4.69, 9.17) is 4.74 Å². The summed E-state index contributed by atoms with van der Waals surface area (Å²) in [7, 11) is -3.24. The molecule has 0 bridgehead atoms. The molecule has 0 spiro atoms. The van der Waals surface area contributed by atoms with Crippen molar-refractivity contribution in [1.82, 2.24) is 0 Å². The Balaban J connectivity index is 2.36. The second-order valence-corrected chi connectivity index (χ2v) is 5.09. The molecule has 1 fully saturated rings. The maximum Gasteiger partial charge on any atom is 0.207 e. The second kappa shape index (κ2) is 2.82. The highest BCUT2D eigenvalue weighted by molar-refractivity contribution is 7.92. The molecule has 70 valence electrons. The molecule has 4 heteroatoms. The van der Waals surface area contributed by atoms with E-state index in [2.05, 4.69) is 0 Å². The van der Waals surface area contributed by atoms with Gasteiger partial charge in [-0.25, -0.2) is 8.42 Å². The van der Waals surface area contributed by atoms with Crippen LogP contribution >= 0.6 is 0 Å². The molecule has 1 heterocycles. The molecule has 13 heavy (non-hydrogen) atoms. The van der Waals surface area contributed by atoms with Gasteiger partial charge in [-0.2, -0.15) is 0 Å². The molecule has 0 radical (unpaired) electrons. The zero-order valence-electron chi connectivity index (χ0n) is 7.17. The van der Waals surface area contributed by atoms with Gasteiger partial charge >= 0.3 is 0 Å². The first-order valence-corrected chi connectivity index (χ1v) is 5.61. The number of rotatable bonds is 2. The summed E-state index contributed by atoms with van der Waals surface area (Å²) < 4.78 is 28.3. The zero-order valence-corrected chi connectivity index (χ0v) is 7.99. The summed E-state index contributed by atoms with van der Waals surface area (Å²) in [5, 5.41) is 0. The second-order valence-electron chi connectivity index (χ2n) is 3.07. The van der Waals surface area contributed by atoms with Crippen molar-refractivity contribution in [3.05, 3.63) is 30.3 Å². The van der Waals surface area contributed by atoms with Crippen molar-refractivity contribution in [2.24, 2.45) is 0 Å². The number of hydrogen-bond acceptors (Lipinski definition) is 3. The molecule has 1 saturated heterocycles. The first-order valence-electron chi connectivity index (χ1n) is 4.07. The maximum absolute atomic E-state index is 11.7. The molecule has 3 nitrogen and oxygen atoms in total. The Morgan fingerprint density at radius 2 is 1.77 bits per heavy atom. The first-order chi connectivity index (χ1) is 6.12. The van der Waals surface area contributed by atoms with Crippen molar-refractivity contribution in [1.29, 1.82) is 0 Å². The van der Waals surface area contributed by atoms with Crippen molar-refractivity contribution in [3.63, 3.8) is 0 Å². The van der Waals surface area contributed by atoms with E-state index < -0.39 is 15.3 Å². The van der Waals surface area contributed by atoms with E-state index >= 15 is 0 Å². The summed E-state index contributed by atoms with van der Waals surface area (Å²) >= 11 is 0. The summed E-state index contributed by atoms with van der Waals surface area (Å²) in [6, 6.07) is 8.38. The van der Waals surface area contributed by atoms with E-state index in [-0.39, 0.29) is 6.10 Å². The Morgan fingerprint density at radius 1 is 1.23 bits per heavy atom. The van der Waals surface area contributed by atoms with Gasteiger partial charge < -0.3 is 4.74 Å². The predicted octanol–water partition coefficient (Wildman–Crippen LogP) is 1.21. The molecule has 1 aliphatic heterocycles. The molecule has 0 N–H and O–H groups in total. The van der Waals surface area contributed by atoms with Crippen LogP contribution in [0, 0.1) is 0 Å². The topological polar surface area (TPSA) is 46.7 Å². The number of epoxide rings is 1. The van der Waals surface area contributed by atoms with Crippen LogP contribution in [0.3, 0.4) is 0 Å². The van der Waals surface area contributed by atoms with Crippen molar-refractivity contribution in [3.8, 4) is 0 Å². The molecule has 2 rings (SSSR count). The highest BCUT2D eigenvalue weighted by Crippen LogP contribution is 2.31. The van der Waals surface area contributed by atoms with Gasteiger partial charge in [-0.05, 0) is 19.1 Å². The number of sulfone groups is 1. The quantitative estimate of drug-likeness (QED) is 0.671. The molecule has 0 aromatic heterocycles. The van der Waals surface area contributed by atoms with E-state index in [1.54, 1.807) is 37.3 Å². The molecular formula is C9H10O3S. The van der Waals surface area contributed by atoms with Crippen molar-refractivity contribution < 1.29 is 13.2 Å². The van der Waals surface area contributed by atoms with E-state index in [0.29, 0.717) is 4.90 Å². The van der Waals surface area contributed by atoms with E-state index in [0.717, 1.165) is 0 Å². The van der Waals surface area contributed by atoms with Gasteiger partial charge in [-0.3, -0.25) is 0 Å². The van der Waals surface area contributed by atoms with Crippen LogP contribution in [-0.2, 0) is 14.6 Å². The summed E-state index contributed by atoms with van der Waals surface area (Å²) in [4.78, 5) is 0.337. The van der Waals surface area contributed by atoms with Crippen molar-refractivity contribution in [2.75, 3.05) is 0 Å². The lowest BCUT2D eigenvalue weighted by Gasteiger charge is -1.98. The standard InChI is InChI=1S/C9H10O3S/c1-7-9(12-7)13(10,11)8-5-3-2-4-6-8/h2-7,9H,1H3/t7-,9-/m0/s1. The number of ether oxygens (including phenoxy) is 1. The minimum absolute atomic E-state index is 0.162. The Kier molecular flexibility index (Phi) is 1.89. The van der Waals surface area contributed by atoms with E-state index in [1.807, 2.05) is 0 Å². The third-order valence-electron chi connectivity index (χ3n) is 2.03. The molecule has 0 unspecified atom stereocenters. The van der Waals surface area contributed by atoms with Gasteiger partial charge in [0.05, 0.1) is 11.0 Å². The summed E-state index contributed by atoms with van der Waals surface area (Å²) in [6.45, 7) is 1.76. The van der Waals surface area contributed by atoms with Gasteiger partial charge in [0.2, 0.25) is 9.84 Å². The van der Waals surface area contributed by atoms with Gasteiger partial charge in [0.1, 0.15) is 0 Å². The fourth-order valence-corrected chi connectivity index (χ4v) is 2.87. The monoisotopic (exact) mass is 198 g/mol. The number of benzene rings is 1. The molecule has 0 saturated carbocycles. The lowest BCUT2D eigenvalue weighted by Crippen LogP contribution is -2.09. The molecule has 2 atom stereocenters. The van der Waals surface area contributed by atoms with Crippen molar-refractivity contribution >= 4 is 9.84 Å². The fraction of sp³-hybridized carbons (Fsp3) is 0.333. The Labute approximate surface area is 77.3 Å². The number of hydrogen-bond donors (Lipinski definition) is 0. The van der Waals surface area contributed by atoms with Crippen LogP contribution in [0.5, 0.6) is 0 Å².